The minimum absolute atomic E-state index is 0.357. The van der Waals surface area contributed by atoms with E-state index in [0.29, 0.717) is 12.1 Å². The first kappa shape index (κ1) is 10.8. The van der Waals surface area contributed by atoms with Crippen molar-refractivity contribution in [3.8, 4) is 0 Å². The van der Waals surface area contributed by atoms with Gasteiger partial charge in [-0.3, -0.25) is 0 Å². The fraction of sp³-hybridized carbons (Fsp3) is 0.500. The largest absolute Gasteiger partial charge is 0.464 e. The van der Waals surface area contributed by atoms with Crippen molar-refractivity contribution in [3.05, 3.63) is 23.5 Å². The van der Waals surface area contributed by atoms with E-state index >= 15 is 0 Å². The number of aliphatic hydroxyl groups excluding tert-OH is 1. The molecular weight excluding hydrogens is 182 g/mol. The van der Waals surface area contributed by atoms with E-state index in [1.54, 1.807) is 24.6 Å². The molecule has 0 unspecified atom stereocenters. The molecule has 0 aliphatic rings. The molecular formula is C10H15NO3. The summed E-state index contributed by atoms with van der Waals surface area (Å²) < 4.78 is 6.35. The quantitative estimate of drug-likeness (QED) is 0.727. The Labute approximate surface area is 83.1 Å². The molecule has 0 amide bonds. The van der Waals surface area contributed by atoms with Gasteiger partial charge in [0, 0.05) is 19.2 Å². The lowest BCUT2D eigenvalue weighted by Crippen LogP contribution is -2.12. The number of aromatic nitrogens is 1. The van der Waals surface area contributed by atoms with Crippen molar-refractivity contribution < 1.29 is 14.6 Å². The second-order valence-corrected chi connectivity index (χ2v) is 3.31. The number of nitrogens with zero attached hydrogens (tertiary/aromatic N) is 1. The van der Waals surface area contributed by atoms with Crippen LogP contribution in [-0.4, -0.2) is 28.9 Å². The molecule has 0 radical (unpaired) electrons. The van der Waals surface area contributed by atoms with Gasteiger partial charge in [0.25, 0.3) is 0 Å². The van der Waals surface area contributed by atoms with Gasteiger partial charge in [-0.25, -0.2) is 4.79 Å². The number of rotatable bonds is 3. The summed E-state index contributed by atoms with van der Waals surface area (Å²) in [5.74, 6) is -0.357. The molecule has 0 saturated heterocycles. The van der Waals surface area contributed by atoms with Crippen molar-refractivity contribution in [2.24, 2.45) is 7.05 Å². The molecule has 0 bridgehead atoms. The number of aliphatic hydroxyl groups is 1. The second-order valence-electron chi connectivity index (χ2n) is 3.31. The first-order chi connectivity index (χ1) is 6.56. The minimum Gasteiger partial charge on any atom is -0.464 e. The van der Waals surface area contributed by atoms with Crippen molar-refractivity contribution in [1.29, 1.82) is 0 Å². The van der Waals surface area contributed by atoms with Crippen LogP contribution in [0.15, 0.2) is 12.1 Å². The van der Waals surface area contributed by atoms with E-state index in [9.17, 15) is 9.90 Å². The lowest BCUT2D eigenvalue weighted by molar-refractivity contribution is 0.0589. The lowest BCUT2D eigenvalue weighted by atomic mass is 10.2. The Kier molecular flexibility index (Phi) is 3.30. The van der Waals surface area contributed by atoms with Crippen molar-refractivity contribution in [3.63, 3.8) is 0 Å². The molecule has 0 spiro atoms. The number of carbonyl (C=O) groups is 1. The summed E-state index contributed by atoms with van der Waals surface area (Å²) in [6, 6.07) is 3.52. The van der Waals surface area contributed by atoms with Gasteiger partial charge >= 0.3 is 5.97 Å². The molecule has 14 heavy (non-hydrogen) atoms. The number of hydrogen-bond donors (Lipinski definition) is 1. The first-order valence-corrected chi connectivity index (χ1v) is 4.47. The maximum Gasteiger partial charge on any atom is 0.354 e. The highest BCUT2D eigenvalue weighted by Gasteiger charge is 2.13. The zero-order chi connectivity index (χ0) is 10.7. The predicted octanol–water partition coefficient (Wildman–Crippen LogP) is 0.735. The highest BCUT2D eigenvalue weighted by molar-refractivity contribution is 5.87. The fourth-order valence-corrected chi connectivity index (χ4v) is 1.37. The molecule has 1 rings (SSSR count). The van der Waals surface area contributed by atoms with Crippen LogP contribution in [0.3, 0.4) is 0 Å². The highest BCUT2D eigenvalue weighted by atomic mass is 16.5. The molecule has 1 heterocycles. The molecule has 0 aromatic carbocycles. The molecule has 0 fully saturated rings. The summed E-state index contributed by atoms with van der Waals surface area (Å²) in [6.07, 6.45) is 0.127. The third-order valence-corrected chi connectivity index (χ3v) is 2.12. The molecule has 4 nitrogen and oxygen atoms in total. The topological polar surface area (TPSA) is 51.5 Å². The molecule has 4 heteroatoms. The molecule has 0 aliphatic heterocycles. The second kappa shape index (κ2) is 4.28. The monoisotopic (exact) mass is 197 g/mol. The molecule has 0 aliphatic carbocycles. The van der Waals surface area contributed by atoms with Crippen LogP contribution in [0.5, 0.6) is 0 Å². The number of methoxy groups -OCH3 is 1. The molecule has 78 valence electrons. The standard InChI is InChI=1S/C10H15NO3/c1-7(12)6-8-4-5-9(11(8)2)10(13)14-3/h4-5,7,12H,6H2,1-3H3/t7-/m1/s1. The summed E-state index contributed by atoms with van der Waals surface area (Å²) in [4.78, 5) is 11.2. The predicted molar refractivity (Wildman–Crippen MR) is 52.1 cm³/mol. The minimum atomic E-state index is -0.408. The van der Waals surface area contributed by atoms with Gasteiger partial charge in [0.05, 0.1) is 13.2 Å². The Bertz CT molecular complexity index is 328. The summed E-state index contributed by atoms with van der Waals surface area (Å²) >= 11 is 0. The van der Waals surface area contributed by atoms with Gasteiger partial charge in [-0.05, 0) is 19.1 Å². The van der Waals surface area contributed by atoms with E-state index in [1.807, 2.05) is 6.07 Å². The van der Waals surface area contributed by atoms with Crippen LogP contribution in [0.1, 0.15) is 23.1 Å². The number of carbonyl (C=O) groups excluding carboxylic acids is 1. The van der Waals surface area contributed by atoms with Gasteiger partial charge in [-0.1, -0.05) is 0 Å². The maximum absolute atomic E-state index is 11.2. The maximum atomic E-state index is 11.2. The van der Waals surface area contributed by atoms with Crippen LogP contribution < -0.4 is 0 Å². The Hall–Kier alpha value is -1.29. The van der Waals surface area contributed by atoms with Crippen LogP contribution in [0.2, 0.25) is 0 Å². The van der Waals surface area contributed by atoms with Crippen LogP contribution in [0.25, 0.3) is 0 Å². The summed E-state index contributed by atoms with van der Waals surface area (Å²) in [5, 5.41) is 9.21. The van der Waals surface area contributed by atoms with Crippen molar-refractivity contribution in [1.82, 2.24) is 4.57 Å². The van der Waals surface area contributed by atoms with Gasteiger partial charge in [-0.2, -0.15) is 0 Å². The average molecular weight is 197 g/mol. The van der Waals surface area contributed by atoms with Crippen LogP contribution >= 0.6 is 0 Å². The van der Waals surface area contributed by atoms with E-state index in [1.165, 1.54) is 7.11 Å². The molecule has 1 aromatic rings. The molecule has 1 N–H and O–H groups in total. The Balaban J connectivity index is 2.90. The summed E-state index contributed by atoms with van der Waals surface area (Å²) in [6.45, 7) is 1.71. The normalized spacial score (nSPS) is 12.6. The van der Waals surface area contributed by atoms with E-state index in [-0.39, 0.29) is 5.97 Å². The van der Waals surface area contributed by atoms with Crippen LogP contribution in [0, 0.1) is 0 Å². The van der Waals surface area contributed by atoms with Gasteiger partial charge in [0.1, 0.15) is 5.69 Å². The fourth-order valence-electron chi connectivity index (χ4n) is 1.37. The van der Waals surface area contributed by atoms with E-state index in [2.05, 4.69) is 4.74 Å². The van der Waals surface area contributed by atoms with Gasteiger partial charge in [-0.15, -0.1) is 0 Å². The van der Waals surface area contributed by atoms with Crippen LogP contribution in [0.4, 0.5) is 0 Å². The van der Waals surface area contributed by atoms with Gasteiger partial charge < -0.3 is 14.4 Å². The SMILES string of the molecule is COC(=O)c1ccc(C[C@@H](C)O)n1C. The average Bonchev–Trinajstić information content (AvgIpc) is 2.46. The first-order valence-electron chi connectivity index (χ1n) is 4.47. The molecule has 1 atom stereocenters. The molecule has 0 saturated carbocycles. The number of ether oxygens (including phenoxy) is 1. The number of hydrogen-bond acceptors (Lipinski definition) is 3. The lowest BCUT2D eigenvalue weighted by Gasteiger charge is -2.07. The van der Waals surface area contributed by atoms with E-state index in [0.717, 1.165) is 5.69 Å². The zero-order valence-corrected chi connectivity index (χ0v) is 8.65. The Morgan fingerprint density at radius 1 is 1.64 bits per heavy atom. The van der Waals surface area contributed by atoms with E-state index < -0.39 is 6.10 Å². The highest BCUT2D eigenvalue weighted by Crippen LogP contribution is 2.10. The third kappa shape index (κ3) is 2.14. The van der Waals surface area contributed by atoms with Gasteiger partial charge in [0.2, 0.25) is 0 Å². The molecule has 1 aromatic heterocycles. The van der Waals surface area contributed by atoms with Crippen LogP contribution in [-0.2, 0) is 18.2 Å². The number of esters is 1. The van der Waals surface area contributed by atoms with Crippen molar-refractivity contribution in [2.45, 2.75) is 19.4 Å². The van der Waals surface area contributed by atoms with Crippen molar-refractivity contribution in [2.75, 3.05) is 7.11 Å². The smallest absolute Gasteiger partial charge is 0.354 e. The zero-order valence-electron chi connectivity index (χ0n) is 8.65. The third-order valence-electron chi connectivity index (χ3n) is 2.12. The summed E-state index contributed by atoms with van der Waals surface area (Å²) in [5.41, 5.74) is 1.42. The Morgan fingerprint density at radius 2 is 2.29 bits per heavy atom. The summed E-state index contributed by atoms with van der Waals surface area (Å²) in [7, 11) is 3.13. The Morgan fingerprint density at radius 3 is 2.79 bits per heavy atom. The van der Waals surface area contributed by atoms with E-state index in [4.69, 9.17) is 0 Å². The van der Waals surface area contributed by atoms with Gasteiger partial charge in [0.15, 0.2) is 0 Å². The van der Waals surface area contributed by atoms with Crippen molar-refractivity contribution >= 4 is 5.97 Å².